The van der Waals surface area contributed by atoms with Crippen LogP contribution in [-0.4, -0.2) is 55.4 Å². The SMILES string of the molecule is CCC(=O)N1CCC(NC(=NC)NCC(=O)Nc2ccc(F)c(F)c2F)C1. The number of aliphatic imine (C=N–C) groups is 1. The molecule has 7 nitrogen and oxygen atoms in total. The maximum Gasteiger partial charge on any atom is 0.243 e. The number of nitrogens with zero attached hydrogens (tertiary/aromatic N) is 2. The lowest BCUT2D eigenvalue weighted by Crippen LogP contribution is -2.47. The van der Waals surface area contributed by atoms with Crippen molar-refractivity contribution in [1.29, 1.82) is 0 Å². The number of hydrogen-bond acceptors (Lipinski definition) is 3. The van der Waals surface area contributed by atoms with Gasteiger partial charge in [-0.25, -0.2) is 13.2 Å². The summed E-state index contributed by atoms with van der Waals surface area (Å²) in [5.41, 5.74) is -0.451. The standard InChI is InChI=1S/C17H22F3N5O2/c1-3-14(27)25-7-6-10(9-25)23-17(21-2)22-8-13(26)24-12-5-4-11(18)15(19)16(12)20/h4-5,10H,3,6-9H2,1-2H3,(H,24,26)(H2,21,22,23). The molecule has 1 heterocycles. The molecule has 1 saturated heterocycles. The molecule has 2 amide bonds. The molecule has 1 aliphatic heterocycles. The molecule has 0 bridgehead atoms. The van der Waals surface area contributed by atoms with Crippen molar-refractivity contribution < 1.29 is 22.8 Å². The maximum atomic E-state index is 13.6. The number of carbonyl (C=O) groups excluding carboxylic acids is 2. The molecule has 0 aliphatic carbocycles. The Morgan fingerprint density at radius 2 is 2.00 bits per heavy atom. The minimum Gasteiger partial charge on any atom is -0.352 e. The second kappa shape index (κ2) is 9.24. The van der Waals surface area contributed by atoms with Gasteiger partial charge in [0.1, 0.15) is 0 Å². The second-order valence-corrected chi connectivity index (χ2v) is 6.02. The first-order valence-electron chi connectivity index (χ1n) is 8.54. The summed E-state index contributed by atoms with van der Waals surface area (Å²) >= 11 is 0. The zero-order chi connectivity index (χ0) is 20.0. The molecule has 0 spiro atoms. The number of halogens is 3. The van der Waals surface area contributed by atoms with Crippen molar-refractivity contribution in [1.82, 2.24) is 15.5 Å². The Morgan fingerprint density at radius 3 is 2.67 bits per heavy atom. The highest BCUT2D eigenvalue weighted by Crippen LogP contribution is 2.19. The van der Waals surface area contributed by atoms with Gasteiger partial charge in [0.25, 0.3) is 0 Å². The highest BCUT2D eigenvalue weighted by Gasteiger charge is 2.25. The number of benzene rings is 1. The topological polar surface area (TPSA) is 85.8 Å². The van der Waals surface area contributed by atoms with Crippen LogP contribution in [0.1, 0.15) is 19.8 Å². The summed E-state index contributed by atoms with van der Waals surface area (Å²) in [6.45, 7) is 2.73. The van der Waals surface area contributed by atoms with Crippen LogP contribution in [0.3, 0.4) is 0 Å². The van der Waals surface area contributed by atoms with Crippen LogP contribution < -0.4 is 16.0 Å². The number of nitrogens with one attached hydrogen (secondary N) is 3. The summed E-state index contributed by atoms with van der Waals surface area (Å²) in [7, 11) is 1.52. The lowest BCUT2D eigenvalue weighted by molar-refractivity contribution is -0.129. The van der Waals surface area contributed by atoms with E-state index < -0.39 is 29.0 Å². The maximum absolute atomic E-state index is 13.6. The van der Waals surface area contributed by atoms with Gasteiger partial charge < -0.3 is 20.9 Å². The van der Waals surface area contributed by atoms with Gasteiger partial charge in [0.15, 0.2) is 23.4 Å². The number of anilines is 1. The zero-order valence-electron chi connectivity index (χ0n) is 15.1. The Kier molecular flexibility index (Phi) is 7.03. The molecule has 2 rings (SSSR count). The van der Waals surface area contributed by atoms with Gasteiger partial charge in [-0.2, -0.15) is 0 Å². The third kappa shape index (κ3) is 5.35. The average molecular weight is 385 g/mol. The minimum absolute atomic E-state index is 0.00148. The lowest BCUT2D eigenvalue weighted by atomic mass is 10.2. The van der Waals surface area contributed by atoms with Gasteiger partial charge in [-0.05, 0) is 18.6 Å². The van der Waals surface area contributed by atoms with E-state index in [4.69, 9.17) is 0 Å². The normalized spacial score (nSPS) is 17.0. The zero-order valence-corrected chi connectivity index (χ0v) is 15.1. The van der Waals surface area contributed by atoms with Gasteiger partial charge >= 0.3 is 0 Å². The van der Waals surface area contributed by atoms with Crippen molar-refractivity contribution in [3.05, 3.63) is 29.6 Å². The van der Waals surface area contributed by atoms with E-state index in [2.05, 4.69) is 20.9 Å². The molecule has 0 saturated carbocycles. The molecule has 1 aromatic rings. The van der Waals surface area contributed by atoms with Crippen LogP contribution in [0.25, 0.3) is 0 Å². The lowest BCUT2D eigenvalue weighted by Gasteiger charge is -2.18. The minimum atomic E-state index is -1.65. The highest BCUT2D eigenvalue weighted by molar-refractivity contribution is 5.95. The fourth-order valence-electron chi connectivity index (χ4n) is 2.70. The predicted octanol–water partition coefficient (Wildman–Crippen LogP) is 1.22. The largest absolute Gasteiger partial charge is 0.352 e. The Morgan fingerprint density at radius 1 is 1.26 bits per heavy atom. The molecule has 10 heteroatoms. The number of guanidine groups is 1. The van der Waals surface area contributed by atoms with Crippen molar-refractivity contribution in [2.75, 3.05) is 32.0 Å². The molecule has 148 valence electrons. The fourth-order valence-corrected chi connectivity index (χ4v) is 2.70. The molecule has 3 N–H and O–H groups in total. The molecule has 1 aliphatic rings. The van der Waals surface area contributed by atoms with E-state index in [9.17, 15) is 22.8 Å². The smallest absolute Gasteiger partial charge is 0.243 e. The first-order valence-corrected chi connectivity index (χ1v) is 8.54. The number of likely N-dealkylation sites (tertiary alicyclic amines) is 1. The van der Waals surface area contributed by atoms with Gasteiger partial charge in [-0.15, -0.1) is 0 Å². The third-order valence-electron chi connectivity index (χ3n) is 4.13. The summed E-state index contributed by atoms with van der Waals surface area (Å²) < 4.78 is 39.7. The van der Waals surface area contributed by atoms with Crippen LogP contribution in [0.5, 0.6) is 0 Å². The van der Waals surface area contributed by atoms with Crippen LogP contribution in [0.2, 0.25) is 0 Å². The summed E-state index contributed by atoms with van der Waals surface area (Å²) in [6.07, 6.45) is 1.19. The molecule has 1 unspecified atom stereocenters. The van der Waals surface area contributed by atoms with Crippen LogP contribution in [-0.2, 0) is 9.59 Å². The van der Waals surface area contributed by atoms with Gasteiger partial charge in [-0.3, -0.25) is 14.6 Å². The van der Waals surface area contributed by atoms with Crippen molar-refractivity contribution in [2.45, 2.75) is 25.8 Å². The summed E-state index contributed by atoms with van der Waals surface area (Å²) in [6, 6.07) is 1.67. The Labute approximate surface area is 155 Å². The summed E-state index contributed by atoms with van der Waals surface area (Å²) in [5, 5.41) is 8.02. The molecule has 1 fully saturated rings. The molecule has 1 aromatic carbocycles. The molecule has 0 aromatic heterocycles. The van der Waals surface area contributed by atoms with E-state index in [1.54, 1.807) is 11.8 Å². The number of carbonyl (C=O) groups is 2. The molecule has 1 atom stereocenters. The van der Waals surface area contributed by atoms with Crippen molar-refractivity contribution in [2.24, 2.45) is 4.99 Å². The second-order valence-electron chi connectivity index (χ2n) is 6.02. The van der Waals surface area contributed by atoms with E-state index in [1.807, 2.05) is 0 Å². The van der Waals surface area contributed by atoms with Crippen molar-refractivity contribution in [3.8, 4) is 0 Å². The van der Waals surface area contributed by atoms with Crippen LogP contribution in [0.15, 0.2) is 17.1 Å². The number of hydrogen-bond donors (Lipinski definition) is 3. The van der Waals surface area contributed by atoms with E-state index in [0.717, 1.165) is 18.6 Å². The van der Waals surface area contributed by atoms with E-state index in [-0.39, 0.29) is 18.5 Å². The monoisotopic (exact) mass is 385 g/mol. The summed E-state index contributed by atoms with van der Waals surface area (Å²) in [5.74, 6) is -4.68. The highest BCUT2D eigenvalue weighted by atomic mass is 19.2. The van der Waals surface area contributed by atoms with Gasteiger partial charge in [0.2, 0.25) is 11.8 Å². The van der Waals surface area contributed by atoms with Crippen LogP contribution in [0, 0.1) is 17.5 Å². The van der Waals surface area contributed by atoms with Crippen LogP contribution in [0.4, 0.5) is 18.9 Å². The fraction of sp³-hybridized carbons (Fsp3) is 0.471. The number of amides is 2. The summed E-state index contributed by atoms with van der Waals surface area (Å²) in [4.78, 5) is 29.3. The van der Waals surface area contributed by atoms with Gasteiger partial charge in [0.05, 0.1) is 12.2 Å². The van der Waals surface area contributed by atoms with E-state index in [0.29, 0.717) is 25.5 Å². The van der Waals surface area contributed by atoms with Gasteiger partial charge in [0, 0.05) is 32.6 Å². The Balaban J connectivity index is 1.83. The average Bonchev–Trinajstić information content (AvgIpc) is 3.13. The van der Waals surface area contributed by atoms with Crippen molar-refractivity contribution >= 4 is 23.5 Å². The number of rotatable bonds is 5. The Bertz CT molecular complexity index is 742. The van der Waals surface area contributed by atoms with Crippen molar-refractivity contribution in [3.63, 3.8) is 0 Å². The van der Waals surface area contributed by atoms with E-state index >= 15 is 0 Å². The predicted molar refractivity (Wildman–Crippen MR) is 94.7 cm³/mol. The van der Waals surface area contributed by atoms with E-state index in [1.165, 1.54) is 7.05 Å². The molecular formula is C17H22F3N5O2. The molecule has 0 radical (unpaired) electrons. The third-order valence-corrected chi connectivity index (χ3v) is 4.13. The molecule has 27 heavy (non-hydrogen) atoms. The van der Waals surface area contributed by atoms with Gasteiger partial charge in [-0.1, -0.05) is 6.92 Å². The Hall–Kier alpha value is -2.78. The molecular weight excluding hydrogens is 363 g/mol. The van der Waals surface area contributed by atoms with Crippen LogP contribution >= 0.6 is 0 Å². The quantitative estimate of drug-likeness (QED) is 0.404. The first-order chi connectivity index (χ1) is 12.8. The first kappa shape index (κ1) is 20.5.